The lowest BCUT2D eigenvalue weighted by Crippen LogP contribution is -2.24. The summed E-state index contributed by atoms with van der Waals surface area (Å²) in [6, 6.07) is 3.39. The van der Waals surface area contributed by atoms with Crippen LogP contribution >= 0.6 is 0 Å². The molecule has 0 amide bonds. The predicted octanol–water partition coefficient (Wildman–Crippen LogP) is 0.771. The zero-order chi connectivity index (χ0) is 9.14. The summed E-state index contributed by atoms with van der Waals surface area (Å²) in [7, 11) is 0. The molecule has 1 rings (SSSR count). The Kier molecular flexibility index (Phi) is 2.78. The van der Waals surface area contributed by atoms with E-state index in [2.05, 4.69) is 4.98 Å². The highest BCUT2D eigenvalue weighted by atomic mass is 16.3. The number of aliphatic hydroxyl groups excluding tert-OH is 1. The number of hydrogen-bond donors (Lipinski definition) is 2. The second-order valence-corrected chi connectivity index (χ2v) is 3.03. The van der Waals surface area contributed by atoms with Crippen LogP contribution in [0, 0.1) is 6.92 Å². The highest BCUT2D eigenvalue weighted by Crippen LogP contribution is 2.11. The molecule has 0 bridgehead atoms. The molecule has 0 aliphatic heterocycles. The zero-order valence-corrected chi connectivity index (χ0v) is 7.36. The fourth-order valence-electron chi connectivity index (χ4n) is 0.924. The number of aryl methyl sites for hydroxylation is 1. The Labute approximate surface area is 72.2 Å². The molecule has 0 radical (unpaired) electrons. The number of nitrogens with two attached hydrogens (primary N) is 1. The van der Waals surface area contributed by atoms with Gasteiger partial charge in [-0.1, -0.05) is 6.07 Å². The van der Waals surface area contributed by atoms with Crippen molar-refractivity contribution in [2.24, 2.45) is 5.73 Å². The van der Waals surface area contributed by atoms with E-state index in [4.69, 9.17) is 5.73 Å². The third-order valence-electron chi connectivity index (χ3n) is 1.80. The molecule has 0 aliphatic rings. The van der Waals surface area contributed by atoms with Crippen molar-refractivity contribution >= 4 is 0 Å². The number of pyridine rings is 1. The van der Waals surface area contributed by atoms with Crippen LogP contribution in [0.1, 0.15) is 24.2 Å². The third kappa shape index (κ3) is 2.03. The van der Waals surface area contributed by atoms with E-state index >= 15 is 0 Å². The predicted molar refractivity (Wildman–Crippen MR) is 47.6 cm³/mol. The van der Waals surface area contributed by atoms with E-state index in [0.29, 0.717) is 0 Å². The minimum Gasteiger partial charge on any atom is -0.391 e. The van der Waals surface area contributed by atoms with Crippen molar-refractivity contribution < 1.29 is 5.11 Å². The standard InChI is InChI=1S/C9H14N2O/c1-6-3-4-8(11-5-6)9(10)7(2)12/h3-5,7,9,12H,10H2,1-2H3/t7-,9-/m0/s1. The Hall–Kier alpha value is -0.930. The van der Waals surface area contributed by atoms with Gasteiger partial charge in [0.15, 0.2) is 0 Å². The van der Waals surface area contributed by atoms with E-state index in [1.54, 1.807) is 13.1 Å². The smallest absolute Gasteiger partial charge is 0.0730 e. The SMILES string of the molecule is Cc1ccc([C@@H](N)[C@H](C)O)nc1. The first-order chi connectivity index (χ1) is 5.61. The van der Waals surface area contributed by atoms with Gasteiger partial charge in [0, 0.05) is 6.20 Å². The van der Waals surface area contributed by atoms with Crippen molar-refractivity contribution in [2.45, 2.75) is 26.0 Å². The van der Waals surface area contributed by atoms with Gasteiger partial charge in [0.05, 0.1) is 17.8 Å². The summed E-state index contributed by atoms with van der Waals surface area (Å²) in [6.45, 7) is 3.62. The van der Waals surface area contributed by atoms with Crippen LogP contribution in [-0.4, -0.2) is 16.2 Å². The van der Waals surface area contributed by atoms with Crippen LogP contribution in [0.5, 0.6) is 0 Å². The van der Waals surface area contributed by atoms with Crippen molar-refractivity contribution in [1.82, 2.24) is 4.98 Å². The fraction of sp³-hybridized carbons (Fsp3) is 0.444. The molecular formula is C9H14N2O. The van der Waals surface area contributed by atoms with Gasteiger partial charge in [-0.2, -0.15) is 0 Å². The van der Waals surface area contributed by atoms with Crippen LogP contribution in [0.4, 0.5) is 0 Å². The molecule has 0 aromatic carbocycles. The van der Waals surface area contributed by atoms with E-state index in [1.807, 2.05) is 19.1 Å². The van der Waals surface area contributed by atoms with Gasteiger partial charge in [-0.05, 0) is 25.5 Å². The second kappa shape index (κ2) is 3.65. The normalized spacial score (nSPS) is 15.7. The Bertz CT molecular complexity index is 243. The van der Waals surface area contributed by atoms with Gasteiger partial charge < -0.3 is 10.8 Å². The molecule has 3 N–H and O–H groups in total. The number of aromatic nitrogens is 1. The molecule has 0 aliphatic carbocycles. The summed E-state index contributed by atoms with van der Waals surface area (Å²) in [5.41, 5.74) is 7.50. The third-order valence-corrected chi connectivity index (χ3v) is 1.80. The maximum absolute atomic E-state index is 9.18. The summed E-state index contributed by atoms with van der Waals surface area (Å²) in [4.78, 5) is 4.11. The molecule has 1 aromatic rings. The molecule has 3 nitrogen and oxygen atoms in total. The van der Waals surface area contributed by atoms with Crippen LogP contribution in [0.2, 0.25) is 0 Å². The number of hydrogen-bond acceptors (Lipinski definition) is 3. The summed E-state index contributed by atoms with van der Waals surface area (Å²) >= 11 is 0. The van der Waals surface area contributed by atoms with Gasteiger partial charge >= 0.3 is 0 Å². The van der Waals surface area contributed by atoms with Gasteiger partial charge in [0.2, 0.25) is 0 Å². The lowest BCUT2D eigenvalue weighted by Gasteiger charge is -2.13. The Morgan fingerprint density at radius 3 is 2.58 bits per heavy atom. The van der Waals surface area contributed by atoms with Crippen LogP contribution in [0.15, 0.2) is 18.3 Å². The molecule has 0 spiro atoms. The first kappa shape index (κ1) is 9.16. The summed E-state index contributed by atoms with van der Waals surface area (Å²) in [5.74, 6) is 0. The Balaban J connectivity index is 2.82. The first-order valence-electron chi connectivity index (χ1n) is 3.97. The minimum absolute atomic E-state index is 0.384. The van der Waals surface area contributed by atoms with Crippen LogP contribution in [0.3, 0.4) is 0 Å². The highest BCUT2D eigenvalue weighted by molar-refractivity contribution is 5.15. The van der Waals surface area contributed by atoms with E-state index in [0.717, 1.165) is 11.3 Å². The van der Waals surface area contributed by atoms with Gasteiger partial charge in [-0.3, -0.25) is 4.98 Å². The Morgan fingerprint density at radius 2 is 2.17 bits per heavy atom. The minimum atomic E-state index is -0.555. The first-order valence-corrected chi connectivity index (χ1v) is 3.97. The van der Waals surface area contributed by atoms with Crippen LogP contribution in [-0.2, 0) is 0 Å². The topological polar surface area (TPSA) is 59.1 Å². The maximum Gasteiger partial charge on any atom is 0.0730 e. The van der Waals surface area contributed by atoms with Crippen molar-refractivity contribution in [3.8, 4) is 0 Å². The average Bonchev–Trinajstić information content (AvgIpc) is 2.04. The lowest BCUT2D eigenvalue weighted by molar-refractivity contribution is 0.162. The summed E-state index contributed by atoms with van der Waals surface area (Å²) in [6.07, 6.45) is 1.19. The van der Waals surface area contributed by atoms with Crippen LogP contribution in [0.25, 0.3) is 0 Å². The average molecular weight is 166 g/mol. The van der Waals surface area contributed by atoms with Crippen molar-refractivity contribution in [2.75, 3.05) is 0 Å². The van der Waals surface area contributed by atoms with Gasteiger partial charge in [0.1, 0.15) is 0 Å². The van der Waals surface area contributed by atoms with Crippen molar-refractivity contribution in [3.05, 3.63) is 29.6 Å². The summed E-state index contributed by atoms with van der Waals surface area (Å²) < 4.78 is 0. The molecule has 0 unspecified atom stereocenters. The van der Waals surface area contributed by atoms with Gasteiger partial charge in [0.25, 0.3) is 0 Å². The number of rotatable bonds is 2. The molecule has 0 fully saturated rings. The monoisotopic (exact) mass is 166 g/mol. The molecular weight excluding hydrogens is 152 g/mol. The maximum atomic E-state index is 9.18. The highest BCUT2D eigenvalue weighted by Gasteiger charge is 2.12. The quantitative estimate of drug-likeness (QED) is 0.682. The van der Waals surface area contributed by atoms with Crippen molar-refractivity contribution in [1.29, 1.82) is 0 Å². The number of nitrogens with zero attached hydrogens (tertiary/aromatic N) is 1. The zero-order valence-electron chi connectivity index (χ0n) is 7.36. The number of aliphatic hydroxyl groups is 1. The molecule has 3 heteroatoms. The molecule has 66 valence electrons. The molecule has 2 atom stereocenters. The van der Waals surface area contributed by atoms with E-state index < -0.39 is 6.10 Å². The van der Waals surface area contributed by atoms with Gasteiger partial charge in [-0.25, -0.2) is 0 Å². The largest absolute Gasteiger partial charge is 0.391 e. The van der Waals surface area contributed by atoms with Gasteiger partial charge in [-0.15, -0.1) is 0 Å². The fourth-order valence-corrected chi connectivity index (χ4v) is 0.924. The van der Waals surface area contributed by atoms with Crippen molar-refractivity contribution in [3.63, 3.8) is 0 Å². The van der Waals surface area contributed by atoms with E-state index in [1.165, 1.54) is 0 Å². The van der Waals surface area contributed by atoms with E-state index in [9.17, 15) is 5.11 Å². The summed E-state index contributed by atoms with van der Waals surface area (Å²) in [5, 5.41) is 9.18. The molecule has 0 saturated heterocycles. The molecule has 12 heavy (non-hydrogen) atoms. The molecule has 1 heterocycles. The molecule has 1 aromatic heterocycles. The van der Waals surface area contributed by atoms with E-state index in [-0.39, 0.29) is 6.04 Å². The molecule has 0 saturated carbocycles. The lowest BCUT2D eigenvalue weighted by atomic mass is 10.1. The Morgan fingerprint density at radius 1 is 1.50 bits per heavy atom. The second-order valence-electron chi connectivity index (χ2n) is 3.03. The van der Waals surface area contributed by atoms with Crippen LogP contribution < -0.4 is 5.73 Å².